The number of likely N-dealkylation sites (tertiary alicyclic amines) is 1. The maximum atomic E-state index is 11.1. The summed E-state index contributed by atoms with van der Waals surface area (Å²) in [6.07, 6.45) is 7.49. The zero-order chi connectivity index (χ0) is 11.8. The van der Waals surface area contributed by atoms with Gasteiger partial charge in [-0.15, -0.1) is 0 Å². The molecule has 4 nitrogen and oxygen atoms in total. The van der Waals surface area contributed by atoms with Crippen LogP contribution in [0.3, 0.4) is 0 Å². The van der Waals surface area contributed by atoms with Crippen LogP contribution < -0.4 is 11.1 Å². The number of nitrogens with two attached hydrogens (primary N) is 1. The van der Waals surface area contributed by atoms with Crippen LogP contribution in [0.15, 0.2) is 0 Å². The molecule has 0 aromatic carbocycles. The predicted octanol–water partition coefficient (Wildman–Crippen LogP) is 0.716. The van der Waals surface area contributed by atoms with Gasteiger partial charge in [-0.2, -0.15) is 0 Å². The summed E-state index contributed by atoms with van der Waals surface area (Å²) < 4.78 is 0. The highest BCUT2D eigenvalue weighted by Gasteiger charge is 2.15. The minimum absolute atomic E-state index is 0.176. The van der Waals surface area contributed by atoms with Crippen LogP contribution in [-0.2, 0) is 4.79 Å². The van der Waals surface area contributed by atoms with E-state index in [0.717, 1.165) is 13.0 Å². The maximum absolute atomic E-state index is 11.1. The van der Waals surface area contributed by atoms with Gasteiger partial charge in [0.2, 0.25) is 5.91 Å². The molecule has 0 aromatic rings. The van der Waals surface area contributed by atoms with E-state index in [1.54, 1.807) is 7.05 Å². The Bertz CT molecular complexity index is 200. The molecule has 1 aliphatic heterocycles. The molecular weight excluding hydrogens is 202 g/mol. The van der Waals surface area contributed by atoms with Crippen molar-refractivity contribution in [2.75, 3.05) is 26.7 Å². The first-order valence-electron chi connectivity index (χ1n) is 6.43. The van der Waals surface area contributed by atoms with Gasteiger partial charge in [0.15, 0.2) is 0 Å². The van der Waals surface area contributed by atoms with E-state index < -0.39 is 0 Å². The summed E-state index contributed by atoms with van der Waals surface area (Å²) in [5, 5.41) is 2.97. The van der Waals surface area contributed by atoms with E-state index in [0.29, 0.717) is 0 Å². The van der Waals surface area contributed by atoms with Crippen molar-refractivity contribution in [2.45, 2.75) is 44.6 Å². The third kappa shape index (κ3) is 4.94. The maximum Gasteiger partial charge on any atom is 0.234 e. The molecule has 1 heterocycles. The third-order valence-electron chi connectivity index (χ3n) is 3.37. The number of hydrogen-bond donors (Lipinski definition) is 2. The van der Waals surface area contributed by atoms with Crippen LogP contribution in [0.4, 0.5) is 0 Å². The van der Waals surface area contributed by atoms with Crippen molar-refractivity contribution >= 4 is 5.91 Å². The predicted molar refractivity (Wildman–Crippen MR) is 66.2 cm³/mol. The van der Waals surface area contributed by atoms with E-state index in [1.165, 1.54) is 45.2 Å². The standard InChI is InChI=1S/C12H25N3O/c1-14-11(12(13)16)7-10-15-8-5-3-2-4-6-9-15/h11,14H,2-10H2,1H3,(H2,13,16). The second-order valence-electron chi connectivity index (χ2n) is 4.64. The van der Waals surface area contributed by atoms with Gasteiger partial charge in [0, 0.05) is 6.54 Å². The Balaban J connectivity index is 2.25. The summed E-state index contributed by atoms with van der Waals surface area (Å²) in [5.41, 5.74) is 5.30. The number of nitrogens with one attached hydrogen (secondary N) is 1. The molecule has 0 radical (unpaired) electrons. The average molecular weight is 227 g/mol. The van der Waals surface area contributed by atoms with Crippen molar-refractivity contribution in [3.05, 3.63) is 0 Å². The van der Waals surface area contributed by atoms with Crippen molar-refractivity contribution in [2.24, 2.45) is 5.73 Å². The summed E-state index contributed by atoms with van der Waals surface area (Å²) in [6, 6.07) is -0.176. The lowest BCUT2D eigenvalue weighted by molar-refractivity contribution is -0.120. The molecule has 3 N–H and O–H groups in total. The molecule has 0 saturated carbocycles. The number of hydrogen-bond acceptors (Lipinski definition) is 3. The highest BCUT2D eigenvalue weighted by atomic mass is 16.1. The molecule has 16 heavy (non-hydrogen) atoms. The first-order chi connectivity index (χ1) is 7.74. The lowest BCUT2D eigenvalue weighted by Crippen LogP contribution is -2.42. The molecule has 94 valence electrons. The van der Waals surface area contributed by atoms with Gasteiger partial charge in [-0.3, -0.25) is 4.79 Å². The Morgan fingerprint density at radius 2 is 1.81 bits per heavy atom. The molecule has 1 aliphatic rings. The molecule has 1 fully saturated rings. The lowest BCUT2D eigenvalue weighted by Gasteiger charge is -2.25. The van der Waals surface area contributed by atoms with Crippen molar-refractivity contribution in [3.63, 3.8) is 0 Å². The second-order valence-corrected chi connectivity index (χ2v) is 4.64. The summed E-state index contributed by atoms with van der Waals surface area (Å²) >= 11 is 0. The minimum atomic E-state index is -0.241. The molecule has 0 bridgehead atoms. The zero-order valence-electron chi connectivity index (χ0n) is 10.4. The lowest BCUT2D eigenvalue weighted by atomic mass is 10.1. The van der Waals surface area contributed by atoms with Gasteiger partial charge in [-0.25, -0.2) is 0 Å². The molecular formula is C12H25N3O. The van der Waals surface area contributed by atoms with Gasteiger partial charge in [0.1, 0.15) is 0 Å². The number of primary amides is 1. The number of likely N-dealkylation sites (N-methyl/N-ethyl adjacent to an activating group) is 1. The molecule has 1 saturated heterocycles. The first-order valence-corrected chi connectivity index (χ1v) is 6.43. The van der Waals surface area contributed by atoms with Crippen LogP contribution in [0.2, 0.25) is 0 Å². The Morgan fingerprint density at radius 3 is 2.31 bits per heavy atom. The topological polar surface area (TPSA) is 58.4 Å². The second kappa shape index (κ2) is 7.63. The summed E-state index contributed by atoms with van der Waals surface area (Å²) in [6.45, 7) is 3.33. The van der Waals surface area contributed by atoms with Gasteiger partial charge < -0.3 is 16.0 Å². The SMILES string of the molecule is CNC(CCN1CCCCCCC1)C(N)=O. The van der Waals surface area contributed by atoms with Crippen molar-refractivity contribution in [1.82, 2.24) is 10.2 Å². The summed E-state index contributed by atoms with van der Waals surface area (Å²) in [7, 11) is 1.79. The van der Waals surface area contributed by atoms with Crippen LogP contribution in [0.25, 0.3) is 0 Å². The van der Waals surface area contributed by atoms with E-state index >= 15 is 0 Å². The number of amides is 1. The van der Waals surface area contributed by atoms with E-state index in [9.17, 15) is 4.79 Å². The highest BCUT2D eigenvalue weighted by molar-refractivity contribution is 5.79. The van der Waals surface area contributed by atoms with Crippen molar-refractivity contribution in [3.8, 4) is 0 Å². The Morgan fingerprint density at radius 1 is 1.25 bits per heavy atom. The number of nitrogens with zero attached hydrogens (tertiary/aromatic N) is 1. The smallest absolute Gasteiger partial charge is 0.234 e. The molecule has 1 rings (SSSR count). The van der Waals surface area contributed by atoms with E-state index in [-0.39, 0.29) is 11.9 Å². The number of carbonyl (C=O) groups is 1. The molecule has 0 aliphatic carbocycles. The Kier molecular flexibility index (Phi) is 6.42. The first kappa shape index (κ1) is 13.5. The van der Waals surface area contributed by atoms with Crippen LogP contribution in [-0.4, -0.2) is 43.5 Å². The molecule has 1 unspecified atom stereocenters. The van der Waals surface area contributed by atoms with Crippen molar-refractivity contribution < 1.29 is 4.79 Å². The fraction of sp³-hybridized carbons (Fsp3) is 0.917. The Labute approximate surface area is 98.6 Å². The van der Waals surface area contributed by atoms with Crippen LogP contribution in [0.5, 0.6) is 0 Å². The van der Waals surface area contributed by atoms with Gasteiger partial charge >= 0.3 is 0 Å². The van der Waals surface area contributed by atoms with Crippen LogP contribution >= 0.6 is 0 Å². The van der Waals surface area contributed by atoms with Gasteiger partial charge in [-0.1, -0.05) is 19.3 Å². The molecule has 4 heteroatoms. The molecule has 1 amide bonds. The quantitative estimate of drug-likeness (QED) is 0.727. The fourth-order valence-corrected chi connectivity index (χ4v) is 2.28. The normalized spacial score (nSPS) is 21.1. The Hall–Kier alpha value is -0.610. The fourth-order valence-electron chi connectivity index (χ4n) is 2.28. The van der Waals surface area contributed by atoms with E-state index in [4.69, 9.17) is 5.73 Å². The third-order valence-corrected chi connectivity index (χ3v) is 3.37. The molecule has 0 aromatic heterocycles. The minimum Gasteiger partial charge on any atom is -0.368 e. The number of carbonyl (C=O) groups excluding carboxylic acids is 1. The van der Waals surface area contributed by atoms with E-state index in [1.807, 2.05) is 0 Å². The summed E-state index contributed by atoms with van der Waals surface area (Å²) in [4.78, 5) is 13.5. The number of rotatable bonds is 5. The van der Waals surface area contributed by atoms with E-state index in [2.05, 4.69) is 10.2 Å². The molecule has 0 spiro atoms. The summed E-state index contributed by atoms with van der Waals surface area (Å²) in [5.74, 6) is -0.241. The van der Waals surface area contributed by atoms with Crippen molar-refractivity contribution in [1.29, 1.82) is 0 Å². The molecule has 1 atom stereocenters. The van der Waals surface area contributed by atoms with Gasteiger partial charge in [-0.05, 0) is 39.4 Å². The average Bonchev–Trinajstić information content (AvgIpc) is 2.20. The van der Waals surface area contributed by atoms with Crippen LogP contribution in [0, 0.1) is 0 Å². The van der Waals surface area contributed by atoms with Crippen LogP contribution in [0.1, 0.15) is 38.5 Å². The monoisotopic (exact) mass is 227 g/mol. The van der Waals surface area contributed by atoms with Gasteiger partial charge in [0.25, 0.3) is 0 Å². The largest absolute Gasteiger partial charge is 0.368 e. The van der Waals surface area contributed by atoms with Gasteiger partial charge in [0.05, 0.1) is 6.04 Å². The highest BCUT2D eigenvalue weighted by Crippen LogP contribution is 2.10. The zero-order valence-corrected chi connectivity index (χ0v) is 10.4.